The van der Waals surface area contributed by atoms with Gasteiger partial charge in [-0.15, -0.1) is 0 Å². The molecule has 0 unspecified atom stereocenters. The lowest BCUT2D eigenvalue weighted by Gasteiger charge is -2.10. The Balaban J connectivity index is 1.94. The van der Waals surface area contributed by atoms with Crippen molar-refractivity contribution in [3.8, 4) is 0 Å². The predicted octanol–water partition coefficient (Wildman–Crippen LogP) is 1.06. The molecule has 0 aromatic heterocycles. The van der Waals surface area contributed by atoms with Crippen molar-refractivity contribution in [1.82, 2.24) is 15.4 Å². The SMILES string of the molecule is CNS(=O)(=O)c1ccc(C)c(C(=O)NCCNC(=O)c2ccccc2)c1. The third-order valence-electron chi connectivity index (χ3n) is 3.76. The maximum absolute atomic E-state index is 12.3. The van der Waals surface area contributed by atoms with Crippen LogP contribution in [-0.4, -0.2) is 40.4 Å². The lowest BCUT2D eigenvalue weighted by atomic mass is 10.1. The first kappa shape index (κ1) is 19.6. The topological polar surface area (TPSA) is 104 Å². The van der Waals surface area contributed by atoms with E-state index >= 15 is 0 Å². The molecule has 0 bridgehead atoms. The zero-order valence-corrected chi connectivity index (χ0v) is 15.4. The molecule has 0 atom stereocenters. The summed E-state index contributed by atoms with van der Waals surface area (Å²) < 4.78 is 26.0. The summed E-state index contributed by atoms with van der Waals surface area (Å²) in [6.07, 6.45) is 0. The highest BCUT2D eigenvalue weighted by molar-refractivity contribution is 7.89. The van der Waals surface area contributed by atoms with Crippen LogP contribution in [-0.2, 0) is 10.0 Å². The van der Waals surface area contributed by atoms with Gasteiger partial charge < -0.3 is 10.6 Å². The van der Waals surface area contributed by atoms with Gasteiger partial charge in [0.05, 0.1) is 4.90 Å². The number of benzene rings is 2. The summed E-state index contributed by atoms with van der Waals surface area (Å²) in [5.41, 5.74) is 1.47. The molecule has 0 aliphatic carbocycles. The molecule has 0 saturated heterocycles. The van der Waals surface area contributed by atoms with Crippen LogP contribution in [0.3, 0.4) is 0 Å². The number of carbonyl (C=O) groups excluding carboxylic acids is 2. The molecule has 8 heteroatoms. The van der Waals surface area contributed by atoms with Crippen LogP contribution in [0.15, 0.2) is 53.4 Å². The Morgan fingerprint density at radius 2 is 1.54 bits per heavy atom. The predicted molar refractivity (Wildman–Crippen MR) is 98.5 cm³/mol. The second-order valence-electron chi connectivity index (χ2n) is 5.56. The first-order valence-electron chi connectivity index (χ1n) is 8.01. The molecule has 3 N–H and O–H groups in total. The van der Waals surface area contributed by atoms with Gasteiger partial charge in [-0.05, 0) is 43.8 Å². The van der Waals surface area contributed by atoms with Gasteiger partial charge in [-0.25, -0.2) is 13.1 Å². The van der Waals surface area contributed by atoms with E-state index in [2.05, 4.69) is 15.4 Å². The molecule has 26 heavy (non-hydrogen) atoms. The Hall–Kier alpha value is -2.71. The van der Waals surface area contributed by atoms with Crippen LogP contribution in [0, 0.1) is 6.92 Å². The van der Waals surface area contributed by atoms with Crippen LogP contribution < -0.4 is 15.4 Å². The molecule has 0 saturated carbocycles. The van der Waals surface area contributed by atoms with Gasteiger partial charge in [-0.1, -0.05) is 24.3 Å². The Kier molecular flexibility index (Phi) is 6.48. The summed E-state index contributed by atoms with van der Waals surface area (Å²) in [5, 5.41) is 5.38. The number of hydrogen-bond acceptors (Lipinski definition) is 4. The van der Waals surface area contributed by atoms with Gasteiger partial charge in [0.15, 0.2) is 0 Å². The molecule has 2 rings (SSSR count). The van der Waals surface area contributed by atoms with Crippen LogP contribution in [0.5, 0.6) is 0 Å². The number of rotatable bonds is 7. The van der Waals surface area contributed by atoms with E-state index in [1.165, 1.54) is 19.2 Å². The second-order valence-corrected chi connectivity index (χ2v) is 7.45. The van der Waals surface area contributed by atoms with Gasteiger partial charge in [0.2, 0.25) is 10.0 Å². The van der Waals surface area contributed by atoms with Crippen molar-refractivity contribution < 1.29 is 18.0 Å². The van der Waals surface area contributed by atoms with Gasteiger partial charge >= 0.3 is 0 Å². The van der Waals surface area contributed by atoms with Crippen molar-refractivity contribution in [2.75, 3.05) is 20.1 Å². The minimum Gasteiger partial charge on any atom is -0.350 e. The van der Waals surface area contributed by atoms with Crippen molar-refractivity contribution in [3.05, 3.63) is 65.2 Å². The van der Waals surface area contributed by atoms with Crippen molar-refractivity contribution >= 4 is 21.8 Å². The van der Waals surface area contributed by atoms with E-state index in [9.17, 15) is 18.0 Å². The monoisotopic (exact) mass is 375 g/mol. The third-order valence-corrected chi connectivity index (χ3v) is 5.18. The van der Waals surface area contributed by atoms with Crippen LogP contribution in [0.25, 0.3) is 0 Å². The highest BCUT2D eigenvalue weighted by atomic mass is 32.2. The number of amides is 2. The van der Waals surface area contributed by atoms with Gasteiger partial charge in [0.25, 0.3) is 11.8 Å². The number of hydrogen-bond donors (Lipinski definition) is 3. The minimum absolute atomic E-state index is 0.0214. The first-order chi connectivity index (χ1) is 12.3. The summed E-state index contributed by atoms with van der Waals surface area (Å²) >= 11 is 0. The van der Waals surface area contributed by atoms with Crippen LogP contribution in [0.2, 0.25) is 0 Å². The zero-order valence-electron chi connectivity index (χ0n) is 14.6. The first-order valence-corrected chi connectivity index (χ1v) is 9.49. The zero-order chi connectivity index (χ0) is 19.2. The van der Waals surface area contributed by atoms with Crippen molar-refractivity contribution in [3.63, 3.8) is 0 Å². The third kappa shape index (κ3) is 4.90. The summed E-state index contributed by atoms with van der Waals surface area (Å²) in [6.45, 7) is 2.20. The fourth-order valence-corrected chi connectivity index (χ4v) is 3.03. The smallest absolute Gasteiger partial charge is 0.251 e. The highest BCUT2D eigenvalue weighted by Gasteiger charge is 2.16. The summed E-state index contributed by atoms with van der Waals surface area (Å²) in [4.78, 5) is 24.2. The Labute approximate surface area is 152 Å². The van der Waals surface area contributed by atoms with Crippen molar-refractivity contribution in [2.24, 2.45) is 0 Å². The van der Waals surface area contributed by atoms with E-state index < -0.39 is 15.9 Å². The lowest BCUT2D eigenvalue weighted by molar-refractivity contribution is 0.0927. The van der Waals surface area contributed by atoms with E-state index in [0.717, 1.165) is 0 Å². The second kappa shape index (κ2) is 8.59. The van der Waals surface area contributed by atoms with Crippen molar-refractivity contribution in [1.29, 1.82) is 0 Å². The molecule has 138 valence electrons. The van der Waals surface area contributed by atoms with E-state index in [1.54, 1.807) is 37.3 Å². The Morgan fingerprint density at radius 3 is 2.15 bits per heavy atom. The van der Waals surface area contributed by atoms with Crippen LogP contribution >= 0.6 is 0 Å². The average Bonchev–Trinajstić information content (AvgIpc) is 2.65. The Bertz CT molecular complexity index is 896. The Morgan fingerprint density at radius 1 is 0.923 bits per heavy atom. The minimum atomic E-state index is -3.63. The maximum Gasteiger partial charge on any atom is 0.251 e. The number of carbonyl (C=O) groups is 2. The molecular formula is C18H21N3O4S. The number of nitrogens with one attached hydrogen (secondary N) is 3. The van der Waals surface area contributed by atoms with Gasteiger partial charge in [0, 0.05) is 24.2 Å². The molecule has 7 nitrogen and oxygen atoms in total. The fourth-order valence-electron chi connectivity index (χ4n) is 2.27. The largest absolute Gasteiger partial charge is 0.350 e. The molecule has 2 aromatic rings. The molecule has 2 amide bonds. The summed E-state index contributed by atoms with van der Waals surface area (Å²) in [5.74, 6) is -0.622. The highest BCUT2D eigenvalue weighted by Crippen LogP contribution is 2.15. The molecule has 0 spiro atoms. The molecule has 0 fully saturated rings. The van der Waals surface area contributed by atoms with E-state index in [0.29, 0.717) is 11.1 Å². The standard InChI is InChI=1S/C18H21N3O4S/c1-13-8-9-15(26(24,25)19-2)12-16(13)18(23)21-11-10-20-17(22)14-6-4-3-5-7-14/h3-9,12,19H,10-11H2,1-2H3,(H,20,22)(H,21,23). The molecule has 0 heterocycles. The normalized spacial score (nSPS) is 11.0. The maximum atomic E-state index is 12.3. The average molecular weight is 375 g/mol. The molecule has 0 radical (unpaired) electrons. The van der Waals surface area contributed by atoms with Crippen molar-refractivity contribution in [2.45, 2.75) is 11.8 Å². The lowest BCUT2D eigenvalue weighted by Crippen LogP contribution is -2.35. The molecule has 0 aliphatic heterocycles. The van der Waals surface area contributed by atoms with E-state index in [4.69, 9.17) is 0 Å². The fraction of sp³-hybridized carbons (Fsp3) is 0.222. The van der Waals surface area contributed by atoms with Gasteiger partial charge in [-0.2, -0.15) is 0 Å². The number of sulfonamides is 1. The summed E-state index contributed by atoms with van der Waals surface area (Å²) in [7, 11) is -2.32. The van der Waals surface area contributed by atoms with Gasteiger partial charge in [0.1, 0.15) is 0 Å². The molecule has 0 aliphatic rings. The van der Waals surface area contributed by atoms with E-state index in [-0.39, 0.29) is 29.5 Å². The number of aryl methyl sites for hydroxylation is 1. The quantitative estimate of drug-likeness (QED) is 0.630. The molecular weight excluding hydrogens is 354 g/mol. The van der Waals surface area contributed by atoms with Gasteiger partial charge in [-0.3, -0.25) is 9.59 Å². The van der Waals surface area contributed by atoms with Crippen LogP contribution in [0.4, 0.5) is 0 Å². The summed E-state index contributed by atoms with van der Waals surface area (Å²) in [6, 6.07) is 13.1. The van der Waals surface area contributed by atoms with Crippen LogP contribution in [0.1, 0.15) is 26.3 Å². The molecule has 2 aromatic carbocycles. The van der Waals surface area contributed by atoms with E-state index in [1.807, 2.05) is 6.07 Å².